The topological polar surface area (TPSA) is 45.1 Å². The molecule has 4 heteroatoms. The predicted molar refractivity (Wildman–Crippen MR) is 89.1 cm³/mol. The molecular weight excluding hydrogens is 328 g/mol. The zero-order valence-electron chi connectivity index (χ0n) is 11.4. The maximum Gasteiger partial charge on any atom is 0.0763 e. The largest absolute Gasteiger partial charge is 0.392 e. The highest BCUT2D eigenvalue weighted by Crippen LogP contribution is 2.25. The number of aliphatic hydroxyl groups excluding tert-OH is 1. The monoisotopic (exact) mass is 342 g/mol. The Labute approximate surface area is 131 Å². The second kappa shape index (κ2) is 6.24. The minimum atomic E-state index is 0.0710. The van der Waals surface area contributed by atoms with Crippen LogP contribution in [0.4, 0.5) is 5.69 Å². The molecule has 3 nitrogen and oxygen atoms in total. The number of nitrogens with zero attached hydrogens (tertiary/aromatic N) is 1. The molecule has 0 aliphatic carbocycles. The van der Waals surface area contributed by atoms with E-state index in [-0.39, 0.29) is 6.61 Å². The van der Waals surface area contributed by atoms with Crippen molar-refractivity contribution in [3.63, 3.8) is 0 Å². The van der Waals surface area contributed by atoms with Crippen LogP contribution in [0.5, 0.6) is 0 Å². The van der Waals surface area contributed by atoms with Crippen molar-refractivity contribution in [2.45, 2.75) is 13.2 Å². The molecule has 1 aromatic heterocycles. The molecule has 0 saturated carbocycles. The lowest BCUT2D eigenvalue weighted by Gasteiger charge is -2.10. The van der Waals surface area contributed by atoms with Gasteiger partial charge in [-0.15, -0.1) is 0 Å². The minimum Gasteiger partial charge on any atom is -0.392 e. The third kappa shape index (κ3) is 3.06. The molecule has 2 aromatic carbocycles. The normalized spacial score (nSPS) is 10.8. The minimum absolute atomic E-state index is 0.0710. The number of hydrogen-bond donors (Lipinski definition) is 2. The van der Waals surface area contributed by atoms with Crippen molar-refractivity contribution in [2.75, 3.05) is 5.32 Å². The third-order valence-electron chi connectivity index (χ3n) is 3.42. The van der Waals surface area contributed by atoms with Gasteiger partial charge in [0.25, 0.3) is 0 Å². The average molecular weight is 343 g/mol. The standard InChI is InChI=1S/C17H15BrN2O/c18-16-8-5-13(17-15(16)2-1-9-19-17)10-20-14-6-3-12(11-21)4-7-14/h1-9,20-21H,10-11H2. The summed E-state index contributed by atoms with van der Waals surface area (Å²) >= 11 is 3.56. The lowest BCUT2D eigenvalue weighted by atomic mass is 10.1. The summed E-state index contributed by atoms with van der Waals surface area (Å²) in [4.78, 5) is 4.48. The first kappa shape index (κ1) is 14.0. The molecule has 21 heavy (non-hydrogen) atoms. The Hall–Kier alpha value is -1.91. The summed E-state index contributed by atoms with van der Waals surface area (Å²) in [6.45, 7) is 0.779. The molecule has 0 fully saturated rings. The van der Waals surface area contributed by atoms with E-state index >= 15 is 0 Å². The number of aliphatic hydroxyl groups is 1. The highest BCUT2D eigenvalue weighted by Gasteiger charge is 2.05. The first-order valence-electron chi connectivity index (χ1n) is 6.74. The van der Waals surface area contributed by atoms with Crippen LogP contribution in [0.3, 0.4) is 0 Å². The highest BCUT2D eigenvalue weighted by atomic mass is 79.9. The average Bonchev–Trinajstić information content (AvgIpc) is 2.55. The summed E-state index contributed by atoms with van der Waals surface area (Å²) in [5.41, 5.74) is 4.10. The van der Waals surface area contributed by atoms with Crippen LogP contribution in [0.25, 0.3) is 10.9 Å². The molecule has 0 aliphatic rings. The maximum absolute atomic E-state index is 9.05. The van der Waals surface area contributed by atoms with Crippen LogP contribution in [0.2, 0.25) is 0 Å². The number of halogens is 1. The van der Waals surface area contributed by atoms with E-state index in [1.165, 1.54) is 0 Å². The number of nitrogens with one attached hydrogen (secondary N) is 1. The fourth-order valence-electron chi connectivity index (χ4n) is 2.26. The van der Waals surface area contributed by atoms with Crippen molar-refractivity contribution in [1.29, 1.82) is 0 Å². The summed E-state index contributed by atoms with van der Waals surface area (Å²) < 4.78 is 1.06. The van der Waals surface area contributed by atoms with Gasteiger partial charge in [0.05, 0.1) is 12.1 Å². The zero-order chi connectivity index (χ0) is 14.7. The van der Waals surface area contributed by atoms with Crippen LogP contribution in [-0.2, 0) is 13.2 Å². The van der Waals surface area contributed by atoms with Gasteiger partial charge in [-0.2, -0.15) is 0 Å². The third-order valence-corrected chi connectivity index (χ3v) is 4.11. The lowest BCUT2D eigenvalue weighted by molar-refractivity contribution is 0.282. The number of pyridine rings is 1. The van der Waals surface area contributed by atoms with E-state index < -0.39 is 0 Å². The molecule has 0 bridgehead atoms. The quantitative estimate of drug-likeness (QED) is 0.750. The number of rotatable bonds is 4. The van der Waals surface area contributed by atoms with Gasteiger partial charge >= 0.3 is 0 Å². The number of aromatic nitrogens is 1. The van der Waals surface area contributed by atoms with Crippen LogP contribution < -0.4 is 5.32 Å². The van der Waals surface area contributed by atoms with Crippen LogP contribution >= 0.6 is 15.9 Å². The Morgan fingerprint density at radius 1 is 1.05 bits per heavy atom. The molecule has 0 saturated heterocycles. The number of benzene rings is 2. The van der Waals surface area contributed by atoms with Crippen LogP contribution in [0.1, 0.15) is 11.1 Å². The summed E-state index contributed by atoms with van der Waals surface area (Å²) in [5.74, 6) is 0. The van der Waals surface area contributed by atoms with Gasteiger partial charge in [0, 0.05) is 28.3 Å². The number of anilines is 1. The van der Waals surface area contributed by atoms with E-state index in [2.05, 4.69) is 44.4 Å². The van der Waals surface area contributed by atoms with Gasteiger partial charge in [-0.25, -0.2) is 0 Å². The molecule has 0 radical (unpaired) electrons. The summed E-state index contributed by atoms with van der Waals surface area (Å²) in [6, 6.07) is 15.9. The van der Waals surface area contributed by atoms with E-state index in [4.69, 9.17) is 5.11 Å². The molecule has 0 amide bonds. The summed E-state index contributed by atoms with van der Waals surface area (Å²) in [7, 11) is 0. The van der Waals surface area contributed by atoms with Gasteiger partial charge in [0.15, 0.2) is 0 Å². The Kier molecular flexibility index (Phi) is 4.18. The van der Waals surface area contributed by atoms with Gasteiger partial charge < -0.3 is 10.4 Å². The van der Waals surface area contributed by atoms with Crippen molar-refractivity contribution >= 4 is 32.5 Å². The Morgan fingerprint density at radius 3 is 2.62 bits per heavy atom. The lowest BCUT2D eigenvalue weighted by Crippen LogP contribution is -2.01. The molecule has 2 N–H and O–H groups in total. The van der Waals surface area contributed by atoms with Crippen molar-refractivity contribution in [3.05, 3.63) is 70.3 Å². The van der Waals surface area contributed by atoms with Crippen LogP contribution in [0, 0.1) is 0 Å². The zero-order valence-corrected chi connectivity index (χ0v) is 13.0. The van der Waals surface area contributed by atoms with Gasteiger partial charge in [0.2, 0.25) is 0 Å². The van der Waals surface area contributed by atoms with Crippen molar-refractivity contribution < 1.29 is 5.11 Å². The van der Waals surface area contributed by atoms with Crippen LogP contribution in [0.15, 0.2) is 59.2 Å². The molecule has 1 heterocycles. The number of fused-ring (bicyclic) bond motifs is 1. The van der Waals surface area contributed by atoms with Gasteiger partial charge in [-0.05, 0) is 35.4 Å². The molecule has 3 aromatic rings. The van der Waals surface area contributed by atoms with E-state index in [0.717, 1.165) is 32.2 Å². The first-order valence-corrected chi connectivity index (χ1v) is 7.53. The number of hydrogen-bond acceptors (Lipinski definition) is 3. The van der Waals surface area contributed by atoms with Crippen molar-refractivity contribution in [2.24, 2.45) is 0 Å². The van der Waals surface area contributed by atoms with E-state index in [0.29, 0.717) is 6.54 Å². The molecule has 0 unspecified atom stereocenters. The predicted octanol–water partition coefficient (Wildman–Crippen LogP) is 4.10. The smallest absolute Gasteiger partial charge is 0.0763 e. The molecular formula is C17H15BrN2O. The Bertz CT molecular complexity index is 756. The highest BCUT2D eigenvalue weighted by molar-refractivity contribution is 9.10. The van der Waals surface area contributed by atoms with E-state index in [9.17, 15) is 0 Å². The van der Waals surface area contributed by atoms with Crippen molar-refractivity contribution in [3.8, 4) is 0 Å². The van der Waals surface area contributed by atoms with Gasteiger partial charge in [0.1, 0.15) is 0 Å². The summed E-state index contributed by atoms with van der Waals surface area (Å²) in [6.07, 6.45) is 1.81. The second-order valence-corrected chi connectivity index (χ2v) is 5.67. The molecule has 106 valence electrons. The maximum atomic E-state index is 9.05. The first-order chi connectivity index (χ1) is 10.3. The Balaban J connectivity index is 1.83. The van der Waals surface area contributed by atoms with E-state index in [1.807, 2.05) is 36.5 Å². The van der Waals surface area contributed by atoms with Crippen molar-refractivity contribution in [1.82, 2.24) is 4.98 Å². The van der Waals surface area contributed by atoms with Gasteiger partial charge in [-0.1, -0.05) is 40.2 Å². The SMILES string of the molecule is OCc1ccc(NCc2ccc(Br)c3cccnc23)cc1. The summed E-state index contributed by atoms with van der Waals surface area (Å²) in [5, 5.41) is 13.6. The molecule has 0 aliphatic heterocycles. The second-order valence-electron chi connectivity index (χ2n) is 4.81. The molecule has 3 rings (SSSR count). The van der Waals surface area contributed by atoms with E-state index in [1.54, 1.807) is 0 Å². The molecule has 0 spiro atoms. The van der Waals surface area contributed by atoms with Crippen LogP contribution in [-0.4, -0.2) is 10.1 Å². The molecule has 0 atom stereocenters. The Morgan fingerprint density at radius 2 is 1.86 bits per heavy atom. The fourth-order valence-corrected chi connectivity index (χ4v) is 2.72. The fraction of sp³-hybridized carbons (Fsp3) is 0.118. The van der Waals surface area contributed by atoms with Gasteiger partial charge in [-0.3, -0.25) is 4.98 Å².